The molecule has 0 spiro atoms. The minimum atomic E-state index is -0.579. The summed E-state index contributed by atoms with van der Waals surface area (Å²) in [4.78, 5) is 28.6. The van der Waals surface area contributed by atoms with Gasteiger partial charge in [0.05, 0.1) is 5.41 Å². The number of carbonyl (C=O) groups excluding carboxylic acids is 2. The first kappa shape index (κ1) is 13.3. The maximum Gasteiger partial charge on any atom is 0.268 e. The Balaban J connectivity index is 2.01. The third-order valence-electron chi connectivity index (χ3n) is 3.98. The Labute approximate surface area is 107 Å². The highest BCUT2D eigenvalue weighted by atomic mass is 16.7. The van der Waals surface area contributed by atoms with E-state index in [1.54, 1.807) is 0 Å². The van der Waals surface area contributed by atoms with Gasteiger partial charge in [0.15, 0.2) is 0 Å². The van der Waals surface area contributed by atoms with E-state index in [2.05, 4.69) is 10.8 Å². The summed E-state index contributed by atoms with van der Waals surface area (Å²) in [6.45, 7) is 0.527. The number of nitrogens with two attached hydrogens (primary N) is 1. The third-order valence-corrected chi connectivity index (χ3v) is 3.98. The second-order valence-corrected chi connectivity index (χ2v) is 5.20. The predicted octanol–water partition coefficient (Wildman–Crippen LogP) is -0.168. The van der Waals surface area contributed by atoms with Crippen LogP contribution in [0.3, 0.4) is 0 Å². The Morgan fingerprint density at radius 2 is 2.06 bits per heavy atom. The van der Waals surface area contributed by atoms with Crippen LogP contribution in [0.4, 0.5) is 0 Å². The number of hydrogen-bond donors (Lipinski definition) is 3. The third kappa shape index (κ3) is 2.64. The number of amides is 2. The monoisotopic (exact) mass is 255 g/mol. The van der Waals surface area contributed by atoms with Gasteiger partial charge in [-0.05, 0) is 12.8 Å². The maximum absolute atomic E-state index is 12.4. The molecular weight excluding hydrogens is 234 g/mol. The van der Waals surface area contributed by atoms with Crippen LogP contribution < -0.4 is 16.5 Å². The molecule has 6 nitrogen and oxygen atoms in total. The fourth-order valence-corrected chi connectivity index (χ4v) is 2.69. The first-order valence-electron chi connectivity index (χ1n) is 6.61. The van der Waals surface area contributed by atoms with Gasteiger partial charge in [0.2, 0.25) is 5.91 Å². The van der Waals surface area contributed by atoms with Crippen LogP contribution >= 0.6 is 0 Å². The van der Waals surface area contributed by atoms with Crippen LogP contribution in [0, 0.1) is 5.41 Å². The summed E-state index contributed by atoms with van der Waals surface area (Å²) in [6.07, 6.45) is 5.98. The van der Waals surface area contributed by atoms with Crippen LogP contribution in [0.1, 0.15) is 38.5 Å². The summed E-state index contributed by atoms with van der Waals surface area (Å²) < 4.78 is 0. The average molecular weight is 255 g/mol. The highest BCUT2D eigenvalue weighted by molar-refractivity contribution is 5.90. The van der Waals surface area contributed by atoms with Gasteiger partial charge in [-0.1, -0.05) is 25.7 Å². The van der Waals surface area contributed by atoms with Crippen molar-refractivity contribution in [2.75, 3.05) is 13.2 Å². The fraction of sp³-hybridized carbons (Fsp3) is 0.833. The Kier molecular flexibility index (Phi) is 4.19. The number of nitrogens with one attached hydrogen (secondary N) is 2. The Morgan fingerprint density at radius 1 is 1.39 bits per heavy atom. The molecule has 18 heavy (non-hydrogen) atoms. The van der Waals surface area contributed by atoms with Gasteiger partial charge in [0.25, 0.3) is 5.91 Å². The lowest BCUT2D eigenvalue weighted by Gasteiger charge is -2.30. The van der Waals surface area contributed by atoms with Crippen LogP contribution in [0.25, 0.3) is 0 Å². The summed E-state index contributed by atoms with van der Waals surface area (Å²) in [7, 11) is 0. The number of hydrogen-bond acceptors (Lipinski definition) is 4. The second kappa shape index (κ2) is 5.67. The lowest BCUT2D eigenvalue weighted by atomic mass is 9.79. The topological polar surface area (TPSA) is 93.5 Å². The molecule has 1 atom stereocenters. The van der Waals surface area contributed by atoms with Gasteiger partial charge < -0.3 is 11.1 Å². The summed E-state index contributed by atoms with van der Waals surface area (Å²) in [5.41, 5.74) is 7.56. The summed E-state index contributed by atoms with van der Waals surface area (Å²) in [5.74, 6) is -0.387. The zero-order chi connectivity index (χ0) is 13.0. The van der Waals surface area contributed by atoms with Crippen molar-refractivity contribution in [1.29, 1.82) is 0 Å². The molecule has 0 unspecified atom stereocenters. The normalized spacial score (nSPS) is 27.4. The van der Waals surface area contributed by atoms with Crippen molar-refractivity contribution < 1.29 is 14.4 Å². The van der Waals surface area contributed by atoms with Crippen molar-refractivity contribution in [3.8, 4) is 0 Å². The predicted molar refractivity (Wildman–Crippen MR) is 65.2 cm³/mol. The number of hydroxylamine groups is 1. The zero-order valence-corrected chi connectivity index (χ0v) is 10.5. The van der Waals surface area contributed by atoms with E-state index in [9.17, 15) is 9.59 Å². The fourth-order valence-electron chi connectivity index (χ4n) is 2.69. The lowest BCUT2D eigenvalue weighted by molar-refractivity contribution is -0.134. The lowest BCUT2D eigenvalue weighted by Crippen LogP contribution is -2.51. The van der Waals surface area contributed by atoms with Gasteiger partial charge in [-0.15, -0.1) is 0 Å². The SMILES string of the molecule is NCC1(C(=O)N[C@@H]2CONC2=O)CCCCCC1. The van der Waals surface area contributed by atoms with Crippen molar-refractivity contribution in [3.63, 3.8) is 0 Å². The zero-order valence-electron chi connectivity index (χ0n) is 10.5. The van der Waals surface area contributed by atoms with Crippen LogP contribution in [-0.2, 0) is 14.4 Å². The van der Waals surface area contributed by atoms with Gasteiger partial charge in [0.1, 0.15) is 12.6 Å². The standard InChI is InChI=1S/C12H21N3O3/c13-8-12(5-3-1-2-4-6-12)11(17)14-9-7-18-15-10(9)16/h9H,1-8,13H2,(H,14,17)(H,15,16)/t9-/m1/s1. The molecule has 1 aliphatic heterocycles. The molecule has 0 aromatic rings. The van der Waals surface area contributed by atoms with Gasteiger partial charge >= 0.3 is 0 Å². The molecule has 6 heteroatoms. The molecule has 0 aromatic carbocycles. The molecule has 2 rings (SSSR count). The Morgan fingerprint density at radius 3 is 2.56 bits per heavy atom. The van der Waals surface area contributed by atoms with Crippen LogP contribution in [0.5, 0.6) is 0 Å². The largest absolute Gasteiger partial charge is 0.342 e. The first-order valence-corrected chi connectivity index (χ1v) is 6.61. The van der Waals surface area contributed by atoms with Crippen LogP contribution in [-0.4, -0.2) is 31.0 Å². The van der Waals surface area contributed by atoms with E-state index in [1.807, 2.05) is 0 Å². The highest BCUT2D eigenvalue weighted by Crippen LogP contribution is 2.34. The average Bonchev–Trinajstić information content (AvgIpc) is 2.66. The summed E-state index contributed by atoms with van der Waals surface area (Å²) in [5, 5.41) is 2.76. The minimum absolute atomic E-state index is 0.0995. The van der Waals surface area contributed by atoms with Gasteiger partial charge in [-0.3, -0.25) is 14.4 Å². The van der Waals surface area contributed by atoms with E-state index < -0.39 is 11.5 Å². The summed E-state index contributed by atoms with van der Waals surface area (Å²) in [6, 6.07) is -0.579. The molecule has 2 amide bonds. The molecule has 1 aliphatic carbocycles. The first-order chi connectivity index (χ1) is 8.68. The molecule has 2 aliphatic rings. The molecule has 4 N–H and O–H groups in total. The molecule has 1 saturated heterocycles. The van der Waals surface area contributed by atoms with Crippen LogP contribution in [0.15, 0.2) is 0 Å². The van der Waals surface area contributed by atoms with Crippen molar-refractivity contribution in [3.05, 3.63) is 0 Å². The van der Waals surface area contributed by atoms with Gasteiger partial charge in [0, 0.05) is 6.54 Å². The van der Waals surface area contributed by atoms with E-state index in [0.29, 0.717) is 6.54 Å². The van der Waals surface area contributed by atoms with Crippen molar-refractivity contribution in [1.82, 2.24) is 10.8 Å². The van der Waals surface area contributed by atoms with Crippen molar-refractivity contribution >= 4 is 11.8 Å². The molecule has 1 saturated carbocycles. The van der Waals surface area contributed by atoms with E-state index >= 15 is 0 Å². The molecule has 0 aromatic heterocycles. The second-order valence-electron chi connectivity index (χ2n) is 5.20. The quantitative estimate of drug-likeness (QED) is 0.610. The molecule has 1 heterocycles. The molecular formula is C12H21N3O3. The van der Waals surface area contributed by atoms with Crippen molar-refractivity contribution in [2.45, 2.75) is 44.6 Å². The van der Waals surface area contributed by atoms with Gasteiger partial charge in [-0.25, -0.2) is 5.48 Å². The Bertz CT molecular complexity index is 325. The van der Waals surface area contributed by atoms with E-state index in [-0.39, 0.29) is 18.4 Å². The molecule has 102 valence electrons. The van der Waals surface area contributed by atoms with Crippen LogP contribution in [0.2, 0.25) is 0 Å². The van der Waals surface area contributed by atoms with Gasteiger partial charge in [-0.2, -0.15) is 0 Å². The molecule has 0 radical (unpaired) electrons. The highest BCUT2D eigenvalue weighted by Gasteiger charge is 2.39. The van der Waals surface area contributed by atoms with E-state index in [4.69, 9.17) is 10.6 Å². The molecule has 0 bridgehead atoms. The van der Waals surface area contributed by atoms with E-state index in [1.165, 1.54) is 0 Å². The van der Waals surface area contributed by atoms with Crippen molar-refractivity contribution in [2.24, 2.45) is 11.1 Å². The molecule has 2 fully saturated rings. The smallest absolute Gasteiger partial charge is 0.268 e. The number of rotatable bonds is 3. The maximum atomic E-state index is 12.4. The number of carbonyl (C=O) groups is 2. The summed E-state index contributed by atoms with van der Waals surface area (Å²) >= 11 is 0. The Hall–Kier alpha value is -1.14. The minimum Gasteiger partial charge on any atom is -0.342 e. The van der Waals surface area contributed by atoms with E-state index in [0.717, 1.165) is 38.5 Å².